The number of oxime groups is 1. The fraction of sp³-hybridized carbons (Fsp3) is 0.286. The van der Waals surface area contributed by atoms with Gasteiger partial charge in [-0.05, 0) is 23.8 Å². The first kappa shape index (κ1) is 20.2. The smallest absolute Gasteiger partial charge is 0.308 e. The van der Waals surface area contributed by atoms with Crippen LogP contribution in [0.3, 0.4) is 0 Å². The van der Waals surface area contributed by atoms with E-state index in [0.29, 0.717) is 22.8 Å². The van der Waals surface area contributed by atoms with Gasteiger partial charge in [0, 0.05) is 18.5 Å². The molecule has 0 bridgehead atoms. The number of hydrogen-bond acceptors (Lipinski definition) is 6. The molecule has 8 heteroatoms. The van der Waals surface area contributed by atoms with Crippen LogP contribution in [0, 0.1) is 0 Å². The van der Waals surface area contributed by atoms with Crippen LogP contribution in [0.4, 0.5) is 0 Å². The van der Waals surface area contributed by atoms with Gasteiger partial charge in [-0.15, -0.1) is 0 Å². The highest BCUT2D eigenvalue weighted by molar-refractivity contribution is 6.08. The zero-order valence-corrected chi connectivity index (χ0v) is 16.2. The number of nitrogens with one attached hydrogen (secondary N) is 1. The van der Waals surface area contributed by atoms with E-state index in [2.05, 4.69) is 10.5 Å². The zero-order chi connectivity index (χ0) is 20.9. The van der Waals surface area contributed by atoms with Gasteiger partial charge in [-0.25, -0.2) is 0 Å². The van der Waals surface area contributed by atoms with Crippen molar-refractivity contribution in [3.8, 4) is 11.5 Å². The Morgan fingerprint density at radius 1 is 1.17 bits per heavy atom. The summed E-state index contributed by atoms with van der Waals surface area (Å²) >= 11 is 0. The van der Waals surface area contributed by atoms with Gasteiger partial charge < -0.3 is 24.7 Å². The van der Waals surface area contributed by atoms with Crippen molar-refractivity contribution in [2.24, 2.45) is 5.16 Å². The molecule has 0 saturated heterocycles. The molecule has 0 saturated carbocycles. The first-order valence-electron chi connectivity index (χ1n) is 8.99. The highest BCUT2D eigenvalue weighted by Crippen LogP contribution is 2.35. The van der Waals surface area contributed by atoms with Gasteiger partial charge in [-0.1, -0.05) is 35.5 Å². The lowest BCUT2D eigenvalue weighted by atomic mass is 9.89. The normalized spacial score (nSPS) is 17.8. The molecule has 1 amide bonds. The number of nitrogens with zero attached hydrogens (tertiary/aromatic N) is 1. The minimum atomic E-state index is -1.63. The van der Waals surface area contributed by atoms with Gasteiger partial charge in [-0.2, -0.15) is 0 Å². The molecule has 1 aliphatic heterocycles. The van der Waals surface area contributed by atoms with Crippen LogP contribution < -0.4 is 14.8 Å². The standard InChI is InChI=1S/C21H22N2O6/c1-27-15-8-9-18(28-2)16(10-15)17-11-21(29-23-17,12-19(24)25)20(26)22-13-14-6-4-3-5-7-14/h3-10H,11-13H2,1-2H3,(H,22,26)(H,24,25)/t21-/m0/s1. The van der Waals surface area contributed by atoms with Crippen LogP contribution in [0.1, 0.15) is 24.0 Å². The van der Waals surface area contributed by atoms with Crippen molar-refractivity contribution in [3.05, 3.63) is 59.7 Å². The molecule has 2 aromatic rings. The monoisotopic (exact) mass is 398 g/mol. The number of benzene rings is 2. The predicted octanol–water partition coefficient (Wildman–Crippen LogP) is 2.36. The molecule has 29 heavy (non-hydrogen) atoms. The number of hydrogen-bond donors (Lipinski definition) is 2. The molecule has 1 atom stereocenters. The summed E-state index contributed by atoms with van der Waals surface area (Å²) in [5.41, 5.74) is 0.246. The van der Waals surface area contributed by atoms with Crippen molar-refractivity contribution < 1.29 is 29.0 Å². The van der Waals surface area contributed by atoms with Crippen LogP contribution in [-0.4, -0.2) is 42.5 Å². The highest BCUT2D eigenvalue weighted by atomic mass is 16.7. The van der Waals surface area contributed by atoms with Gasteiger partial charge in [0.25, 0.3) is 5.91 Å². The van der Waals surface area contributed by atoms with E-state index in [-0.39, 0.29) is 13.0 Å². The van der Waals surface area contributed by atoms with Crippen molar-refractivity contribution >= 4 is 17.6 Å². The van der Waals surface area contributed by atoms with Crippen LogP contribution in [-0.2, 0) is 21.0 Å². The van der Waals surface area contributed by atoms with E-state index >= 15 is 0 Å². The summed E-state index contributed by atoms with van der Waals surface area (Å²) in [6.07, 6.45) is -0.531. The maximum absolute atomic E-state index is 12.9. The number of ether oxygens (including phenoxy) is 2. The molecule has 0 aromatic heterocycles. The molecule has 0 radical (unpaired) electrons. The number of amides is 1. The number of carbonyl (C=O) groups is 2. The maximum Gasteiger partial charge on any atom is 0.308 e. The minimum Gasteiger partial charge on any atom is -0.497 e. The van der Waals surface area contributed by atoms with Crippen LogP contribution >= 0.6 is 0 Å². The maximum atomic E-state index is 12.9. The van der Waals surface area contributed by atoms with E-state index in [4.69, 9.17) is 14.3 Å². The van der Waals surface area contributed by atoms with Crippen molar-refractivity contribution in [1.82, 2.24) is 5.32 Å². The Morgan fingerprint density at radius 2 is 1.93 bits per heavy atom. The molecule has 0 fully saturated rings. The summed E-state index contributed by atoms with van der Waals surface area (Å²) < 4.78 is 10.6. The van der Waals surface area contributed by atoms with E-state index in [1.54, 1.807) is 18.2 Å². The third kappa shape index (κ3) is 4.48. The molecule has 8 nitrogen and oxygen atoms in total. The Morgan fingerprint density at radius 3 is 2.59 bits per heavy atom. The lowest BCUT2D eigenvalue weighted by Gasteiger charge is -2.23. The van der Waals surface area contributed by atoms with E-state index in [0.717, 1.165) is 5.56 Å². The molecule has 2 aromatic carbocycles. The Labute approximate surface area is 168 Å². The Kier molecular flexibility index (Phi) is 6.01. The van der Waals surface area contributed by atoms with E-state index < -0.39 is 23.9 Å². The number of carboxylic acid groups (broad SMARTS) is 1. The summed E-state index contributed by atoms with van der Waals surface area (Å²) in [6, 6.07) is 14.5. The second-order valence-corrected chi connectivity index (χ2v) is 6.61. The summed E-state index contributed by atoms with van der Waals surface area (Å²) in [7, 11) is 3.04. The molecule has 2 N–H and O–H groups in total. The fourth-order valence-corrected chi connectivity index (χ4v) is 3.14. The average Bonchev–Trinajstić information content (AvgIpc) is 3.16. The van der Waals surface area contributed by atoms with E-state index in [1.807, 2.05) is 30.3 Å². The summed E-state index contributed by atoms with van der Waals surface area (Å²) in [6.45, 7) is 0.252. The van der Waals surface area contributed by atoms with Crippen LogP contribution in [0.15, 0.2) is 53.7 Å². The zero-order valence-electron chi connectivity index (χ0n) is 16.2. The summed E-state index contributed by atoms with van der Waals surface area (Å²) in [5.74, 6) is -0.602. The predicted molar refractivity (Wildman–Crippen MR) is 105 cm³/mol. The van der Waals surface area contributed by atoms with Gasteiger partial charge in [0.2, 0.25) is 5.60 Å². The average molecular weight is 398 g/mol. The lowest BCUT2D eigenvalue weighted by Crippen LogP contribution is -2.48. The quantitative estimate of drug-likeness (QED) is 0.707. The lowest BCUT2D eigenvalue weighted by molar-refractivity contribution is -0.156. The second-order valence-electron chi connectivity index (χ2n) is 6.61. The third-order valence-corrected chi connectivity index (χ3v) is 4.65. The molecular weight excluding hydrogens is 376 g/mol. The minimum absolute atomic E-state index is 0.0105. The molecule has 152 valence electrons. The number of aliphatic carboxylic acids is 1. The van der Waals surface area contributed by atoms with E-state index in [9.17, 15) is 14.7 Å². The van der Waals surface area contributed by atoms with Gasteiger partial charge >= 0.3 is 5.97 Å². The molecule has 0 spiro atoms. The van der Waals surface area contributed by atoms with Crippen LogP contribution in [0.25, 0.3) is 0 Å². The number of carbonyl (C=O) groups excluding carboxylic acids is 1. The van der Waals surface area contributed by atoms with E-state index in [1.165, 1.54) is 14.2 Å². The number of carboxylic acids is 1. The topological polar surface area (TPSA) is 106 Å². The van der Waals surface area contributed by atoms with Gasteiger partial charge in [0.1, 0.15) is 11.5 Å². The largest absolute Gasteiger partial charge is 0.497 e. The SMILES string of the molecule is COc1ccc(OC)c(C2=NO[C@@](CC(=O)O)(C(=O)NCc3ccccc3)C2)c1. The van der Waals surface area contributed by atoms with Gasteiger partial charge in [-0.3, -0.25) is 9.59 Å². The molecular formula is C21H22N2O6. The van der Waals surface area contributed by atoms with Gasteiger partial charge in [0.05, 0.1) is 26.4 Å². The number of methoxy groups -OCH3 is 2. The van der Waals surface area contributed by atoms with Crippen molar-refractivity contribution in [2.45, 2.75) is 25.0 Å². The van der Waals surface area contributed by atoms with Crippen molar-refractivity contribution in [3.63, 3.8) is 0 Å². The molecule has 0 aliphatic carbocycles. The third-order valence-electron chi connectivity index (χ3n) is 4.65. The molecule has 1 aliphatic rings. The Hall–Kier alpha value is -3.55. The Balaban J connectivity index is 1.82. The second kappa shape index (κ2) is 8.64. The van der Waals surface area contributed by atoms with Gasteiger partial charge in [0.15, 0.2) is 0 Å². The first-order valence-corrected chi connectivity index (χ1v) is 8.99. The van der Waals surface area contributed by atoms with Crippen LogP contribution in [0.2, 0.25) is 0 Å². The summed E-state index contributed by atoms with van der Waals surface area (Å²) in [4.78, 5) is 29.8. The molecule has 1 heterocycles. The van der Waals surface area contributed by atoms with Crippen LogP contribution in [0.5, 0.6) is 11.5 Å². The molecule has 3 rings (SSSR count). The van der Waals surface area contributed by atoms with Crippen molar-refractivity contribution in [1.29, 1.82) is 0 Å². The summed E-state index contributed by atoms with van der Waals surface area (Å²) in [5, 5.41) is 16.1. The first-order chi connectivity index (χ1) is 14.0. The fourth-order valence-electron chi connectivity index (χ4n) is 3.14. The highest BCUT2D eigenvalue weighted by Gasteiger charge is 2.49. The Bertz CT molecular complexity index is 928. The number of rotatable bonds is 8. The molecule has 0 unspecified atom stereocenters. The van der Waals surface area contributed by atoms with Crippen molar-refractivity contribution in [2.75, 3.05) is 14.2 Å².